The molecular weight excluding hydrogens is 304 g/mol. The van der Waals surface area contributed by atoms with Crippen LogP contribution in [-0.4, -0.2) is 17.4 Å². The quantitative estimate of drug-likeness (QED) is 0.913. The van der Waals surface area contributed by atoms with Gasteiger partial charge in [-0.15, -0.1) is 11.3 Å². The van der Waals surface area contributed by atoms with Gasteiger partial charge < -0.3 is 10.6 Å². The SMILES string of the molecule is CCN(Cc1ccc(Cl)s1)C(=O)C(C)(N)c1ccccc1. The van der Waals surface area contributed by atoms with Gasteiger partial charge in [-0.05, 0) is 31.5 Å². The summed E-state index contributed by atoms with van der Waals surface area (Å²) in [6.45, 7) is 4.85. The lowest BCUT2D eigenvalue weighted by Crippen LogP contribution is -2.50. The molecule has 21 heavy (non-hydrogen) atoms. The van der Waals surface area contributed by atoms with Crippen LogP contribution in [0.2, 0.25) is 4.34 Å². The lowest BCUT2D eigenvalue weighted by molar-refractivity contribution is -0.137. The number of rotatable bonds is 5. The van der Waals surface area contributed by atoms with E-state index in [1.165, 1.54) is 11.3 Å². The molecule has 112 valence electrons. The first kappa shape index (κ1) is 16.0. The van der Waals surface area contributed by atoms with E-state index in [0.717, 1.165) is 14.8 Å². The molecule has 0 saturated heterocycles. The first-order chi connectivity index (χ1) is 9.95. The predicted octanol–water partition coefficient (Wildman–Crippen LogP) is 3.62. The fourth-order valence-corrected chi connectivity index (χ4v) is 3.29. The summed E-state index contributed by atoms with van der Waals surface area (Å²) in [6, 6.07) is 13.3. The van der Waals surface area contributed by atoms with Crippen LogP contribution in [0.3, 0.4) is 0 Å². The summed E-state index contributed by atoms with van der Waals surface area (Å²) in [5.41, 5.74) is 6.09. The molecule has 1 aromatic heterocycles. The smallest absolute Gasteiger partial charge is 0.247 e. The van der Waals surface area contributed by atoms with Gasteiger partial charge in [-0.1, -0.05) is 41.9 Å². The highest BCUT2D eigenvalue weighted by molar-refractivity contribution is 7.16. The molecule has 0 saturated carbocycles. The minimum absolute atomic E-state index is 0.0827. The maximum Gasteiger partial charge on any atom is 0.247 e. The molecule has 1 amide bonds. The van der Waals surface area contributed by atoms with Crippen LogP contribution < -0.4 is 5.73 Å². The van der Waals surface area contributed by atoms with Gasteiger partial charge in [-0.25, -0.2) is 0 Å². The Bertz CT molecular complexity index is 610. The third-order valence-corrected chi connectivity index (χ3v) is 4.68. The zero-order chi connectivity index (χ0) is 15.5. The van der Waals surface area contributed by atoms with Gasteiger partial charge in [0.2, 0.25) is 5.91 Å². The second kappa shape index (κ2) is 6.60. The van der Waals surface area contributed by atoms with Crippen molar-refractivity contribution in [3.05, 3.63) is 57.2 Å². The molecular formula is C16H19ClN2OS. The van der Waals surface area contributed by atoms with Gasteiger partial charge in [0.15, 0.2) is 0 Å². The summed E-state index contributed by atoms with van der Waals surface area (Å²) in [6.07, 6.45) is 0. The average molecular weight is 323 g/mol. The molecule has 2 N–H and O–H groups in total. The van der Waals surface area contributed by atoms with E-state index >= 15 is 0 Å². The molecule has 3 nitrogen and oxygen atoms in total. The van der Waals surface area contributed by atoms with Gasteiger partial charge >= 0.3 is 0 Å². The number of hydrogen-bond acceptors (Lipinski definition) is 3. The van der Waals surface area contributed by atoms with E-state index in [0.29, 0.717) is 13.1 Å². The van der Waals surface area contributed by atoms with Crippen LogP contribution in [0, 0.1) is 0 Å². The third-order valence-electron chi connectivity index (χ3n) is 3.46. The zero-order valence-electron chi connectivity index (χ0n) is 12.2. The van der Waals surface area contributed by atoms with Gasteiger partial charge in [-0.2, -0.15) is 0 Å². The Balaban J connectivity index is 2.19. The molecule has 0 aliphatic heterocycles. The molecule has 1 aromatic carbocycles. The Morgan fingerprint density at radius 2 is 1.95 bits per heavy atom. The largest absolute Gasteiger partial charge is 0.336 e. The van der Waals surface area contributed by atoms with Crippen LogP contribution >= 0.6 is 22.9 Å². The highest BCUT2D eigenvalue weighted by atomic mass is 35.5. The van der Waals surface area contributed by atoms with Crippen molar-refractivity contribution in [1.82, 2.24) is 4.90 Å². The lowest BCUT2D eigenvalue weighted by atomic mass is 9.91. The first-order valence-electron chi connectivity index (χ1n) is 6.83. The summed E-state index contributed by atoms with van der Waals surface area (Å²) < 4.78 is 0.729. The van der Waals surface area contributed by atoms with Gasteiger partial charge in [0.05, 0.1) is 10.9 Å². The summed E-state index contributed by atoms with van der Waals surface area (Å²) >= 11 is 7.43. The third kappa shape index (κ3) is 3.64. The van der Waals surface area contributed by atoms with Gasteiger partial charge in [-0.3, -0.25) is 4.79 Å². The Morgan fingerprint density at radius 1 is 1.29 bits per heavy atom. The molecule has 0 spiro atoms. The number of amides is 1. The van der Waals surface area contributed by atoms with Crippen molar-refractivity contribution >= 4 is 28.8 Å². The van der Waals surface area contributed by atoms with Gasteiger partial charge in [0.25, 0.3) is 0 Å². The van der Waals surface area contributed by atoms with E-state index in [-0.39, 0.29) is 5.91 Å². The Hall–Kier alpha value is -1.36. The normalized spacial score (nSPS) is 13.7. The van der Waals surface area contributed by atoms with Crippen LogP contribution in [-0.2, 0) is 16.9 Å². The van der Waals surface area contributed by atoms with E-state index in [1.807, 2.05) is 49.4 Å². The van der Waals surface area contributed by atoms with Gasteiger partial charge in [0, 0.05) is 11.4 Å². The molecule has 0 aliphatic rings. The van der Waals surface area contributed by atoms with Crippen LogP contribution in [0.25, 0.3) is 0 Å². The topological polar surface area (TPSA) is 46.3 Å². The van der Waals surface area contributed by atoms with Crippen molar-refractivity contribution in [2.24, 2.45) is 5.73 Å². The number of halogens is 1. The molecule has 0 aliphatic carbocycles. The van der Waals surface area contributed by atoms with Crippen molar-refractivity contribution in [3.63, 3.8) is 0 Å². The van der Waals surface area contributed by atoms with Gasteiger partial charge in [0.1, 0.15) is 5.54 Å². The second-order valence-electron chi connectivity index (χ2n) is 5.09. The molecule has 5 heteroatoms. The number of carbonyl (C=O) groups excluding carboxylic acids is 1. The number of carbonyl (C=O) groups is 1. The molecule has 0 bridgehead atoms. The highest BCUT2D eigenvalue weighted by Gasteiger charge is 2.33. The summed E-state index contributed by atoms with van der Waals surface area (Å²) in [5.74, 6) is -0.0827. The first-order valence-corrected chi connectivity index (χ1v) is 8.02. The fraction of sp³-hybridized carbons (Fsp3) is 0.312. The number of nitrogens with zero attached hydrogens (tertiary/aromatic N) is 1. The van der Waals surface area contributed by atoms with Crippen molar-refractivity contribution in [2.45, 2.75) is 25.9 Å². The fourth-order valence-electron chi connectivity index (χ4n) is 2.19. The van der Waals surface area contributed by atoms with E-state index in [2.05, 4.69) is 0 Å². The number of benzene rings is 1. The molecule has 1 heterocycles. The summed E-state index contributed by atoms with van der Waals surface area (Å²) in [7, 11) is 0. The molecule has 1 unspecified atom stereocenters. The van der Waals surface area contributed by atoms with Crippen molar-refractivity contribution in [3.8, 4) is 0 Å². The van der Waals surface area contributed by atoms with E-state index in [9.17, 15) is 4.79 Å². The average Bonchev–Trinajstić information content (AvgIpc) is 2.90. The molecule has 0 radical (unpaired) electrons. The van der Waals surface area contributed by atoms with E-state index in [1.54, 1.807) is 11.8 Å². The zero-order valence-corrected chi connectivity index (χ0v) is 13.7. The number of nitrogens with two attached hydrogens (primary N) is 1. The predicted molar refractivity (Wildman–Crippen MR) is 88.4 cm³/mol. The Kier molecular flexibility index (Phi) is 5.04. The maximum absolute atomic E-state index is 12.8. The Labute approximate surface area is 134 Å². The van der Waals surface area contributed by atoms with Crippen LogP contribution in [0.1, 0.15) is 24.3 Å². The van der Waals surface area contributed by atoms with E-state index < -0.39 is 5.54 Å². The van der Waals surface area contributed by atoms with E-state index in [4.69, 9.17) is 17.3 Å². The van der Waals surface area contributed by atoms with Crippen LogP contribution in [0.5, 0.6) is 0 Å². The molecule has 0 fully saturated rings. The second-order valence-corrected chi connectivity index (χ2v) is 6.89. The molecule has 2 rings (SSSR count). The molecule has 2 aromatic rings. The standard InChI is InChI=1S/C16H19ClN2OS/c1-3-19(11-13-9-10-14(17)21-13)15(20)16(2,18)12-7-5-4-6-8-12/h4-10H,3,11,18H2,1-2H3. The summed E-state index contributed by atoms with van der Waals surface area (Å²) in [4.78, 5) is 15.6. The minimum Gasteiger partial charge on any atom is -0.336 e. The summed E-state index contributed by atoms with van der Waals surface area (Å²) in [5, 5.41) is 0. The van der Waals surface area contributed by atoms with Crippen molar-refractivity contribution < 1.29 is 4.79 Å². The number of thiophene rings is 1. The Morgan fingerprint density at radius 3 is 2.48 bits per heavy atom. The minimum atomic E-state index is -1.03. The highest BCUT2D eigenvalue weighted by Crippen LogP contribution is 2.25. The van der Waals surface area contributed by atoms with Crippen LogP contribution in [0.15, 0.2) is 42.5 Å². The maximum atomic E-state index is 12.8. The van der Waals surface area contributed by atoms with Crippen molar-refractivity contribution in [1.29, 1.82) is 0 Å². The number of likely N-dealkylation sites (N-methyl/N-ethyl adjacent to an activating group) is 1. The lowest BCUT2D eigenvalue weighted by Gasteiger charge is -2.31. The van der Waals surface area contributed by atoms with Crippen LogP contribution in [0.4, 0.5) is 0 Å². The molecule has 1 atom stereocenters. The van der Waals surface area contributed by atoms with Crippen molar-refractivity contribution in [2.75, 3.05) is 6.54 Å². The monoisotopic (exact) mass is 322 g/mol. The number of hydrogen-bond donors (Lipinski definition) is 1.